The van der Waals surface area contributed by atoms with E-state index >= 15 is 0 Å². The summed E-state index contributed by atoms with van der Waals surface area (Å²) >= 11 is 6.10. The molecule has 41 heavy (non-hydrogen) atoms. The molecule has 2 aliphatic rings. The number of anilines is 2. The number of primary amides is 1. The summed E-state index contributed by atoms with van der Waals surface area (Å²) in [7, 11) is 2.05. The van der Waals surface area contributed by atoms with Crippen molar-refractivity contribution in [3.63, 3.8) is 0 Å². The van der Waals surface area contributed by atoms with Crippen LogP contribution in [0.25, 0.3) is 11.3 Å². The summed E-state index contributed by atoms with van der Waals surface area (Å²) in [5, 5.41) is 11.9. The molecule has 2 aromatic heterocycles. The second-order valence-corrected chi connectivity index (χ2v) is 10.2. The van der Waals surface area contributed by atoms with E-state index < -0.39 is 24.0 Å². The number of benzene rings is 1. The summed E-state index contributed by atoms with van der Waals surface area (Å²) in [5.41, 5.74) is 7.62. The third kappa shape index (κ3) is 7.17. The number of rotatable bonds is 10. The van der Waals surface area contributed by atoms with Crippen LogP contribution in [-0.4, -0.2) is 89.6 Å². The van der Waals surface area contributed by atoms with E-state index in [2.05, 4.69) is 37.3 Å². The Bertz CT molecular complexity index is 1420. The van der Waals surface area contributed by atoms with Crippen molar-refractivity contribution in [2.45, 2.75) is 18.6 Å². The second-order valence-electron chi connectivity index (χ2n) is 9.80. The lowest BCUT2D eigenvalue weighted by Gasteiger charge is -2.37. The minimum Gasteiger partial charge on any atom is -0.471 e. The van der Waals surface area contributed by atoms with Crippen LogP contribution >= 0.6 is 11.6 Å². The van der Waals surface area contributed by atoms with E-state index in [-0.39, 0.29) is 42.8 Å². The molecule has 2 unspecified atom stereocenters. The first-order chi connectivity index (χ1) is 19.7. The van der Waals surface area contributed by atoms with Crippen LogP contribution in [0.1, 0.15) is 18.2 Å². The van der Waals surface area contributed by atoms with E-state index in [1.807, 2.05) is 6.07 Å². The number of hydrogen-bond donors (Lipinski definition) is 2. The van der Waals surface area contributed by atoms with Gasteiger partial charge >= 0.3 is 6.16 Å². The fourth-order valence-corrected chi connectivity index (χ4v) is 4.80. The van der Waals surface area contributed by atoms with Gasteiger partial charge in [-0.15, -0.1) is 10.2 Å². The molecule has 1 aromatic carbocycles. The van der Waals surface area contributed by atoms with Crippen molar-refractivity contribution in [3.05, 3.63) is 59.1 Å². The quantitative estimate of drug-likeness (QED) is 0.338. The number of hydrogen-bond acceptors (Lipinski definition) is 11. The molecule has 5 rings (SSSR count). The number of aromatic nitrogens is 3. The van der Waals surface area contributed by atoms with E-state index in [9.17, 15) is 14.0 Å². The third-order valence-corrected chi connectivity index (χ3v) is 7.03. The number of carbonyl (C=O) groups excluding carboxylic acids is 2. The highest BCUT2D eigenvalue weighted by atomic mass is 35.5. The highest BCUT2D eigenvalue weighted by Crippen LogP contribution is 2.33. The SMILES string of the molecule is CN1CCN(C(CC(N)=O)c2cc(Nc3cc(-c4cc(Cl)ccc4F)nnc3OCC3COC(=O)O3)ccn2)CC1. The third-order valence-electron chi connectivity index (χ3n) is 6.79. The normalized spacial score (nSPS) is 18.4. The monoisotopic (exact) mass is 585 g/mol. The van der Waals surface area contributed by atoms with E-state index in [1.54, 1.807) is 18.3 Å². The molecule has 1 amide bonds. The Morgan fingerprint density at radius 3 is 2.76 bits per heavy atom. The fourth-order valence-electron chi connectivity index (χ4n) is 4.63. The van der Waals surface area contributed by atoms with Crippen LogP contribution in [0.15, 0.2) is 42.6 Å². The van der Waals surface area contributed by atoms with Gasteiger partial charge in [0.15, 0.2) is 6.10 Å². The summed E-state index contributed by atoms with van der Waals surface area (Å²) in [6.07, 6.45) is 0.355. The van der Waals surface area contributed by atoms with E-state index in [1.165, 1.54) is 18.2 Å². The van der Waals surface area contributed by atoms with Gasteiger partial charge in [-0.3, -0.25) is 14.7 Å². The van der Waals surface area contributed by atoms with Gasteiger partial charge in [-0.1, -0.05) is 11.6 Å². The molecule has 2 aliphatic heterocycles. The minimum absolute atomic E-state index is 0.0361. The van der Waals surface area contributed by atoms with Crippen LogP contribution in [0.5, 0.6) is 5.88 Å². The largest absolute Gasteiger partial charge is 0.508 e. The summed E-state index contributed by atoms with van der Waals surface area (Å²) in [6, 6.07) is 8.98. The van der Waals surface area contributed by atoms with Gasteiger partial charge in [-0.2, -0.15) is 0 Å². The molecule has 0 bridgehead atoms. The van der Waals surface area contributed by atoms with E-state index in [0.717, 1.165) is 26.2 Å². The van der Waals surface area contributed by atoms with Gasteiger partial charge in [0.05, 0.1) is 17.4 Å². The minimum atomic E-state index is -0.773. The van der Waals surface area contributed by atoms with Crippen molar-refractivity contribution >= 4 is 35.0 Å². The number of likely N-dealkylation sites (N-methyl/N-ethyl adjacent to an activating group) is 1. The smallest absolute Gasteiger partial charge is 0.471 e. The van der Waals surface area contributed by atoms with Gasteiger partial charge in [0, 0.05) is 55.1 Å². The van der Waals surface area contributed by atoms with Gasteiger partial charge < -0.3 is 30.2 Å². The van der Waals surface area contributed by atoms with Crippen molar-refractivity contribution in [1.29, 1.82) is 0 Å². The molecule has 2 atom stereocenters. The summed E-state index contributed by atoms with van der Waals surface area (Å²) in [4.78, 5) is 32.2. The number of pyridine rings is 1. The molecule has 3 N–H and O–H groups in total. The topological polar surface area (TPSA) is 145 Å². The molecule has 14 heteroatoms. The predicted molar refractivity (Wildman–Crippen MR) is 147 cm³/mol. The first-order valence-electron chi connectivity index (χ1n) is 13.0. The number of nitrogens with two attached hydrogens (primary N) is 1. The van der Waals surface area contributed by atoms with E-state index in [0.29, 0.717) is 22.1 Å². The zero-order valence-electron chi connectivity index (χ0n) is 22.3. The molecule has 2 saturated heterocycles. The lowest BCUT2D eigenvalue weighted by atomic mass is 10.1. The maximum absolute atomic E-state index is 14.7. The summed E-state index contributed by atoms with van der Waals surface area (Å²) in [6.45, 7) is 3.27. The molecule has 4 heterocycles. The lowest BCUT2D eigenvalue weighted by Crippen LogP contribution is -2.46. The molecule has 0 saturated carbocycles. The number of nitrogens with zero attached hydrogens (tertiary/aromatic N) is 5. The van der Waals surface area contributed by atoms with Gasteiger partial charge in [-0.25, -0.2) is 9.18 Å². The van der Waals surface area contributed by atoms with Crippen molar-refractivity contribution in [1.82, 2.24) is 25.0 Å². The standard InChI is InChI=1S/C27H29ClFN7O5/c1-35-6-8-36(9-7-35)24(13-25(30)37)22-11-17(4-5-31-22)32-23-12-21(19-10-16(28)2-3-20(19)29)33-34-26(23)39-14-18-15-40-27(38)41-18/h2-5,10-12,18,24H,6-9,13-15H2,1H3,(H2,30,37)(H,31,32,33). The van der Waals surface area contributed by atoms with Crippen LogP contribution in [0.4, 0.5) is 20.6 Å². The van der Waals surface area contributed by atoms with Gasteiger partial charge in [-0.05, 0) is 43.4 Å². The number of amides is 1. The average molecular weight is 586 g/mol. The number of piperazine rings is 1. The zero-order chi connectivity index (χ0) is 28.9. The number of nitrogens with one attached hydrogen (secondary N) is 1. The Kier molecular flexibility index (Phi) is 8.76. The fraction of sp³-hybridized carbons (Fsp3) is 0.370. The number of cyclic esters (lactones) is 2. The Balaban J connectivity index is 1.44. The van der Waals surface area contributed by atoms with Crippen LogP contribution in [0.3, 0.4) is 0 Å². The highest BCUT2D eigenvalue weighted by Gasteiger charge is 2.28. The summed E-state index contributed by atoms with van der Waals surface area (Å²) in [5.74, 6) is -0.857. The molecule has 0 radical (unpaired) electrons. The Morgan fingerprint density at radius 1 is 1.22 bits per heavy atom. The molecule has 2 fully saturated rings. The molecule has 12 nitrogen and oxygen atoms in total. The number of ether oxygens (including phenoxy) is 3. The predicted octanol–water partition coefficient (Wildman–Crippen LogP) is 3.15. The molecule has 0 aliphatic carbocycles. The van der Waals surface area contributed by atoms with Gasteiger partial charge in [0.1, 0.15) is 24.7 Å². The van der Waals surface area contributed by atoms with Crippen LogP contribution in [0.2, 0.25) is 5.02 Å². The molecular formula is C27H29ClFN7O5. The van der Waals surface area contributed by atoms with Crippen LogP contribution < -0.4 is 15.8 Å². The van der Waals surface area contributed by atoms with E-state index in [4.69, 9.17) is 31.5 Å². The Hall–Kier alpha value is -4.07. The van der Waals surface area contributed by atoms with Crippen molar-refractivity contribution in [3.8, 4) is 17.1 Å². The van der Waals surface area contributed by atoms with Gasteiger partial charge in [0.25, 0.3) is 5.88 Å². The number of halogens is 2. The van der Waals surface area contributed by atoms with Gasteiger partial charge in [0.2, 0.25) is 5.91 Å². The second kappa shape index (κ2) is 12.6. The van der Waals surface area contributed by atoms with Crippen molar-refractivity contribution in [2.75, 3.05) is 51.8 Å². The lowest BCUT2D eigenvalue weighted by molar-refractivity contribution is -0.119. The molecule has 3 aromatic rings. The van der Waals surface area contributed by atoms with Crippen molar-refractivity contribution < 1.29 is 28.2 Å². The zero-order valence-corrected chi connectivity index (χ0v) is 23.0. The molecule has 0 spiro atoms. The number of carbonyl (C=O) groups is 2. The first kappa shape index (κ1) is 28.5. The van der Waals surface area contributed by atoms with Crippen LogP contribution in [-0.2, 0) is 14.3 Å². The Labute approximate surface area is 240 Å². The van der Waals surface area contributed by atoms with Crippen molar-refractivity contribution in [2.24, 2.45) is 5.73 Å². The maximum Gasteiger partial charge on any atom is 0.508 e. The molecular weight excluding hydrogens is 557 g/mol. The highest BCUT2D eigenvalue weighted by molar-refractivity contribution is 6.30. The summed E-state index contributed by atoms with van der Waals surface area (Å²) < 4.78 is 30.3. The van der Waals surface area contributed by atoms with Crippen LogP contribution in [0, 0.1) is 5.82 Å². The Morgan fingerprint density at radius 2 is 2.02 bits per heavy atom. The maximum atomic E-state index is 14.7. The average Bonchev–Trinajstić information content (AvgIpc) is 3.38. The molecule has 216 valence electrons. The first-order valence-corrected chi connectivity index (χ1v) is 13.4.